The fourth-order valence-electron chi connectivity index (χ4n) is 3.68. The first-order valence-corrected chi connectivity index (χ1v) is 6.76. The van der Waals surface area contributed by atoms with Crippen molar-refractivity contribution in [1.29, 1.82) is 0 Å². The van der Waals surface area contributed by atoms with Gasteiger partial charge in [0.15, 0.2) is 0 Å². The maximum atomic E-state index is 4.35. The number of hydrogen-bond donors (Lipinski definition) is 0. The molecule has 2 aliphatic rings. The molecule has 1 aromatic heterocycles. The number of aromatic nitrogens is 3. The summed E-state index contributed by atoms with van der Waals surface area (Å²) in [6.07, 6.45) is 6.45. The van der Waals surface area contributed by atoms with Crippen LogP contribution in [-0.2, 0) is 19.4 Å². The average Bonchev–Trinajstić information content (AvgIpc) is 2.80. The van der Waals surface area contributed by atoms with E-state index < -0.39 is 0 Å². The van der Waals surface area contributed by atoms with Gasteiger partial charge in [-0.3, -0.25) is 0 Å². The molecule has 0 saturated heterocycles. The van der Waals surface area contributed by atoms with Gasteiger partial charge in [0.25, 0.3) is 0 Å². The van der Waals surface area contributed by atoms with Crippen LogP contribution < -0.4 is 0 Å². The predicted molar refractivity (Wildman–Crippen MR) is 63.1 cm³/mol. The van der Waals surface area contributed by atoms with Gasteiger partial charge in [-0.25, -0.2) is 4.68 Å². The van der Waals surface area contributed by atoms with Gasteiger partial charge in [0.05, 0.1) is 11.4 Å². The molecule has 88 valence electrons. The van der Waals surface area contributed by atoms with Gasteiger partial charge in [0.1, 0.15) is 0 Å². The van der Waals surface area contributed by atoms with Crippen LogP contribution in [0.5, 0.6) is 0 Å². The SMILES string of the molecule is CCC1C2CCc3nnn(CC)c3CCC12. The molecule has 0 amide bonds. The summed E-state index contributed by atoms with van der Waals surface area (Å²) in [7, 11) is 0. The van der Waals surface area contributed by atoms with Crippen molar-refractivity contribution in [1.82, 2.24) is 15.0 Å². The highest BCUT2D eigenvalue weighted by molar-refractivity contribution is 5.15. The largest absolute Gasteiger partial charge is 0.249 e. The van der Waals surface area contributed by atoms with E-state index in [4.69, 9.17) is 0 Å². The van der Waals surface area contributed by atoms with Crippen LogP contribution in [-0.4, -0.2) is 15.0 Å². The fourth-order valence-corrected chi connectivity index (χ4v) is 3.68. The lowest BCUT2D eigenvalue weighted by Crippen LogP contribution is -2.07. The molecule has 1 fully saturated rings. The van der Waals surface area contributed by atoms with Crippen molar-refractivity contribution < 1.29 is 0 Å². The Bertz CT molecular complexity index is 383. The molecule has 0 radical (unpaired) electrons. The van der Waals surface area contributed by atoms with Gasteiger partial charge in [0, 0.05) is 6.54 Å². The molecule has 3 rings (SSSR count). The van der Waals surface area contributed by atoms with Gasteiger partial charge in [-0.1, -0.05) is 18.6 Å². The summed E-state index contributed by atoms with van der Waals surface area (Å²) in [5.41, 5.74) is 2.70. The quantitative estimate of drug-likeness (QED) is 0.765. The first kappa shape index (κ1) is 10.3. The summed E-state index contributed by atoms with van der Waals surface area (Å²) in [5.74, 6) is 3.04. The lowest BCUT2D eigenvalue weighted by atomic mass is 10.0. The Hall–Kier alpha value is -0.860. The van der Waals surface area contributed by atoms with E-state index in [0.29, 0.717) is 0 Å². The minimum absolute atomic E-state index is 0.966. The van der Waals surface area contributed by atoms with E-state index in [9.17, 15) is 0 Å². The van der Waals surface area contributed by atoms with Crippen LogP contribution in [0.15, 0.2) is 0 Å². The van der Waals surface area contributed by atoms with Gasteiger partial charge in [-0.05, 0) is 50.4 Å². The Morgan fingerprint density at radius 3 is 2.62 bits per heavy atom. The Morgan fingerprint density at radius 2 is 1.94 bits per heavy atom. The first-order valence-electron chi connectivity index (χ1n) is 6.76. The van der Waals surface area contributed by atoms with Crippen molar-refractivity contribution in [3.05, 3.63) is 11.4 Å². The van der Waals surface area contributed by atoms with Crippen molar-refractivity contribution in [3.8, 4) is 0 Å². The van der Waals surface area contributed by atoms with Gasteiger partial charge < -0.3 is 0 Å². The third kappa shape index (κ3) is 1.48. The standard InChI is InChI=1S/C13H21N3/c1-3-9-10-5-7-12-13(8-6-11(9)10)16(4-2)15-14-12/h9-11H,3-8H2,1-2H3. The molecule has 3 heteroatoms. The number of hydrogen-bond acceptors (Lipinski definition) is 2. The van der Waals surface area contributed by atoms with Crippen LogP contribution in [0, 0.1) is 17.8 Å². The minimum Gasteiger partial charge on any atom is -0.249 e. The Morgan fingerprint density at radius 1 is 1.19 bits per heavy atom. The highest BCUT2D eigenvalue weighted by Crippen LogP contribution is 2.54. The molecule has 1 heterocycles. The molecule has 3 unspecified atom stereocenters. The van der Waals surface area contributed by atoms with E-state index in [1.54, 1.807) is 0 Å². The Labute approximate surface area is 97.2 Å². The van der Waals surface area contributed by atoms with E-state index >= 15 is 0 Å². The molecule has 0 aromatic carbocycles. The van der Waals surface area contributed by atoms with Gasteiger partial charge in [0.2, 0.25) is 0 Å². The van der Waals surface area contributed by atoms with Crippen molar-refractivity contribution in [2.75, 3.05) is 0 Å². The Kier molecular flexibility index (Phi) is 2.49. The summed E-state index contributed by atoms with van der Waals surface area (Å²) in [4.78, 5) is 0. The zero-order valence-corrected chi connectivity index (χ0v) is 10.3. The molecule has 3 atom stereocenters. The van der Waals surface area contributed by atoms with Crippen LogP contribution in [0.1, 0.15) is 44.5 Å². The summed E-state index contributed by atoms with van der Waals surface area (Å²) < 4.78 is 2.10. The second-order valence-corrected chi connectivity index (χ2v) is 5.28. The zero-order chi connectivity index (χ0) is 11.1. The smallest absolute Gasteiger partial charge is 0.0859 e. The van der Waals surface area contributed by atoms with Crippen LogP contribution in [0.3, 0.4) is 0 Å². The van der Waals surface area contributed by atoms with Gasteiger partial charge >= 0.3 is 0 Å². The third-order valence-corrected chi connectivity index (χ3v) is 4.63. The highest BCUT2D eigenvalue weighted by Gasteiger charge is 2.48. The zero-order valence-electron chi connectivity index (χ0n) is 10.3. The van der Waals surface area contributed by atoms with E-state index in [0.717, 1.165) is 30.7 Å². The summed E-state index contributed by atoms with van der Waals surface area (Å²) in [5, 5.41) is 8.59. The van der Waals surface area contributed by atoms with Gasteiger partial charge in [-0.2, -0.15) is 0 Å². The lowest BCUT2D eigenvalue weighted by Gasteiger charge is -2.09. The number of aryl methyl sites for hydroxylation is 2. The fraction of sp³-hybridized carbons (Fsp3) is 0.846. The average molecular weight is 219 g/mol. The second-order valence-electron chi connectivity index (χ2n) is 5.28. The first-order chi connectivity index (χ1) is 7.85. The van der Waals surface area contributed by atoms with Gasteiger partial charge in [-0.15, -0.1) is 5.10 Å². The second kappa shape index (κ2) is 3.86. The molecule has 3 nitrogen and oxygen atoms in total. The molecular weight excluding hydrogens is 198 g/mol. The van der Waals surface area contributed by atoms with E-state index in [1.807, 2.05) is 0 Å². The molecule has 0 spiro atoms. The summed E-state index contributed by atoms with van der Waals surface area (Å²) in [6.45, 7) is 5.46. The lowest BCUT2D eigenvalue weighted by molar-refractivity contribution is 0.547. The minimum atomic E-state index is 0.966. The number of rotatable bonds is 2. The molecule has 16 heavy (non-hydrogen) atoms. The van der Waals surface area contributed by atoms with E-state index in [1.165, 1.54) is 37.1 Å². The van der Waals surface area contributed by atoms with Crippen molar-refractivity contribution in [3.63, 3.8) is 0 Å². The summed E-state index contributed by atoms with van der Waals surface area (Å²) in [6, 6.07) is 0. The predicted octanol–water partition coefficient (Wildman–Crippen LogP) is 2.45. The van der Waals surface area contributed by atoms with Crippen LogP contribution >= 0.6 is 0 Å². The van der Waals surface area contributed by atoms with Crippen LogP contribution in [0.4, 0.5) is 0 Å². The van der Waals surface area contributed by atoms with Crippen molar-refractivity contribution in [2.24, 2.45) is 17.8 Å². The molecular formula is C13H21N3. The number of fused-ring (bicyclic) bond motifs is 2. The molecule has 2 aliphatic carbocycles. The maximum absolute atomic E-state index is 4.35. The summed E-state index contributed by atoms with van der Waals surface area (Å²) >= 11 is 0. The topological polar surface area (TPSA) is 30.7 Å². The van der Waals surface area contributed by atoms with Crippen molar-refractivity contribution >= 4 is 0 Å². The maximum Gasteiger partial charge on any atom is 0.0859 e. The molecule has 0 N–H and O–H groups in total. The number of nitrogens with zero attached hydrogens (tertiary/aromatic N) is 3. The normalized spacial score (nSPS) is 32.5. The van der Waals surface area contributed by atoms with Crippen molar-refractivity contribution in [2.45, 2.75) is 52.5 Å². The molecule has 1 saturated carbocycles. The molecule has 0 bridgehead atoms. The Balaban J connectivity index is 1.80. The van der Waals surface area contributed by atoms with E-state index in [2.05, 4.69) is 28.8 Å². The molecule has 1 aromatic rings. The van der Waals surface area contributed by atoms with Crippen LogP contribution in [0.2, 0.25) is 0 Å². The van der Waals surface area contributed by atoms with E-state index in [-0.39, 0.29) is 0 Å². The highest BCUT2D eigenvalue weighted by atomic mass is 15.4. The monoisotopic (exact) mass is 219 g/mol. The molecule has 0 aliphatic heterocycles. The third-order valence-electron chi connectivity index (χ3n) is 4.63. The van der Waals surface area contributed by atoms with Crippen LogP contribution in [0.25, 0.3) is 0 Å².